The first-order valence-corrected chi connectivity index (χ1v) is 176. The SMILES string of the molecule is CC(C)(C)C#Cc1c(C=O)ccnc1C(C)(C)C.S=S=S=S=S=S=S=S=S=S=S=S=S=S=S=S=S=S=S=S=S=S=S=S=S=S=S=S=S=S=S=S=S=S=S=S=S=S=S=S=S=S=S=S=S=S=S=S=S=S=S=S=S=S=S=S=S=S=S=S=S=S=S=S=S=S=S=S=S=S=S=S=S=S=S=S=S=S=S=S=S=S=S=S=S=S=S=S=S=S=S=S=S=S=S=S=S=S=S=S=S=S=S=S=S=S=S=S=S=S=S=S=S=S. The lowest BCUT2D eigenvalue weighted by atomic mass is 9.86. The molecule has 132 heavy (non-hydrogen) atoms. The van der Waals surface area contributed by atoms with Crippen molar-refractivity contribution in [2.24, 2.45) is 5.41 Å². The lowest BCUT2D eigenvalue weighted by Gasteiger charge is -2.20. The molecular weight excluding hydrogens is 3880 g/mol. The van der Waals surface area contributed by atoms with Crippen molar-refractivity contribution in [3.05, 3.63) is 29.1 Å². The lowest BCUT2D eigenvalue weighted by Crippen LogP contribution is -2.17. The maximum atomic E-state index is 11.1. The zero-order valence-corrected chi connectivity index (χ0v) is 152. The molecule has 0 amide bonds. The molecule has 116 heteroatoms. The smallest absolute Gasteiger partial charge is 0.151 e. The topological polar surface area (TPSA) is 30.0 Å². The average molecular weight is 3900 g/mol. The van der Waals surface area contributed by atoms with Crippen LogP contribution in [0.15, 0.2) is 12.3 Å². The summed E-state index contributed by atoms with van der Waals surface area (Å²) in [5.74, 6) is 6.31. The average Bonchev–Trinajstić information content (AvgIpc) is 0.810. The second-order valence-corrected chi connectivity index (χ2v) is 212. The van der Waals surface area contributed by atoms with Gasteiger partial charge in [0, 0.05) is 1040 Å². The molecule has 0 aromatic carbocycles. The van der Waals surface area contributed by atoms with Crippen LogP contribution in [0.3, 0.4) is 0 Å². The summed E-state index contributed by atoms with van der Waals surface area (Å²) >= 11 is 9.67. The quantitative estimate of drug-likeness (QED) is 0.320. The second kappa shape index (κ2) is 138. The monoisotopic (exact) mass is 3890 g/mol. The van der Waals surface area contributed by atoms with E-state index in [4.69, 9.17) is 22.4 Å². The Hall–Kier alpha value is 23.5. The van der Waals surface area contributed by atoms with E-state index in [0.29, 0.717) is 5.56 Å². The van der Waals surface area contributed by atoms with Crippen LogP contribution in [0.1, 0.15) is 63.2 Å². The summed E-state index contributed by atoms with van der Waals surface area (Å²) in [7, 11) is 203. The van der Waals surface area contributed by atoms with E-state index < -0.39 is 0 Å². The van der Waals surface area contributed by atoms with Gasteiger partial charge in [-0.15, -0.1) is 0 Å². The standard InChI is InChI=1S/C16H21NO.S114/c1-15(2,3)9-7-13-12(11-18)8-10-17-14(13)16(4,5)6;1-3-5-7-9-11-13-15-17-19-21-23-25-27-29-31-33-35-37-39-41-43-45-47-49-51-53-55-57-59-61-63-65-67-69-71-73-75-77-79-81-83-85-87-89-91-93-95-97-99-101-103-105-107-109-111-113-114-112-110-108-106-104-102-100-98-96-94-92-90-88-86-84-82-80-78-76-74-72-70-68-66-64-62-60-58-56-54-52-50-48-46-44-42-40-38-36-34-32-30-28-26-24-22-20-18-16-14-12-10-8-6-4-2/h8,10-11H,1-6H3;. The van der Waals surface area contributed by atoms with Crippen molar-refractivity contribution < 1.29 is 4.79 Å². The van der Waals surface area contributed by atoms with Gasteiger partial charge >= 0.3 is 0 Å². The molecule has 0 fully saturated rings. The largest absolute Gasteiger partial charge is 0.298 e. The van der Waals surface area contributed by atoms with Gasteiger partial charge in [0.15, 0.2) is 6.29 Å². The fourth-order valence-electron chi connectivity index (χ4n) is 2.77. The molecule has 0 bridgehead atoms. The van der Waals surface area contributed by atoms with Gasteiger partial charge in [-0.3, -0.25) is 9.78 Å². The van der Waals surface area contributed by atoms with Crippen LogP contribution in [0.4, 0.5) is 0 Å². The van der Waals surface area contributed by atoms with Gasteiger partial charge in [-0.1, -0.05) is 32.6 Å². The van der Waals surface area contributed by atoms with Crippen LogP contribution < -0.4 is 0 Å². The van der Waals surface area contributed by atoms with Crippen LogP contribution in [-0.4, -0.2) is 11.3 Å². The van der Waals surface area contributed by atoms with E-state index >= 15 is 0 Å². The van der Waals surface area contributed by atoms with E-state index in [9.17, 15) is 4.79 Å². The fraction of sp³-hybridized carbons (Fsp3) is 0.500. The minimum atomic E-state index is -0.124. The first-order valence-electron chi connectivity index (χ1n) is 25.0. The number of carbonyl (C=O) groups is 1. The highest BCUT2D eigenvalue weighted by molar-refractivity contribution is 8.89. The summed E-state index contributed by atoms with van der Waals surface area (Å²) in [5, 5.41) is 0. The molecule has 0 unspecified atom stereocenters. The molecular formula is C16H21NOS114. The summed E-state index contributed by atoms with van der Waals surface area (Å²) in [5.41, 5.74) is 2.04. The first kappa shape index (κ1) is 155. The zero-order valence-electron chi connectivity index (χ0n) is 58.6. The van der Waals surface area contributed by atoms with Gasteiger partial charge in [-0.2, -0.15) is 0 Å². The summed E-state index contributed by atoms with van der Waals surface area (Å²) in [6.07, 6.45) is 2.52. The van der Waals surface area contributed by atoms with E-state index in [2.05, 4.69) is 37.6 Å². The molecule has 1 rings (SSSR count). The van der Waals surface area contributed by atoms with Gasteiger partial charge in [0.1, 0.15) is 0 Å². The molecule has 1 aromatic heterocycles. The fourth-order valence-corrected chi connectivity index (χ4v) is 305. The zero-order chi connectivity index (χ0) is 95.2. The third-order valence-electron chi connectivity index (χ3n) is 5.47. The second-order valence-electron chi connectivity index (χ2n) is 14.1. The van der Waals surface area contributed by atoms with E-state index in [0.717, 1.165) is 17.5 Å². The van der Waals surface area contributed by atoms with Crippen molar-refractivity contribution in [3.8, 4) is 11.8 Å². The molecule has 0 aliphatic carbocycles. The summed E-state index contributed by atoms with van der Waals surface area (Å²) < 4.78 is 0. The molecule has 780 valence electrons. The Morgan fingerprint density at radius 3 is 0.386 bits per heavy atom. The van der Waals surface area contributed by atoms with Crippen LogP contribution in [0.5, 0.6) is 0 Å². The Kier molecular flexibility index (Phi) is 162. The van der Waals surface area contributed by atoms with Gasteiger partial charge in [0.25, 0.3) is 0 Å². The summed E-state index contributed by atoms with van der Waals surface area (Å²) in [4.78, 5) is 15.5. The molecule has 1 aromatic rings. The number of nitrogens with zero attached hydrogens (tertiary/aromatic N) is 1. The van der Waals surface area contributed by atoms with Crippen molar-refractivity contribution in [2.75, 3.05) is 0 Å². The maximum absolute atomic E-state index is 11.1. The number of aromatic nitrogens is 1. The predicted octanol–water partition coefficient (Wildman–Crippen LogP) is 3.32. The number of rotatable bonds is 1. The third-order valence-corrected chi connectivity index (χ3v) is 252. The molecule has 0 radical (unpaired) electrons. The molecule has 0 atom stereocenters. The maximum Gasteiger partial charge on any atom is 0.151 e. The Morgan fingerprint density at radius 1 is 0.197 bits per heavy atom. The first-order chi connectivity index (χ1) is 65.1. The predicted molar refractivity (Wildman–Crippen MR) is 914 cm³/mol. The van der Waals surface area contributed by atoms with Crippen molar-refractivity contribution in [3.63, 3.8) is 0 Å². The van der Waals surface area contributed by atoms with E-state index in [1.165, 1.54) is 17.8 Å². The Bertz CT molecular complexity index is 9660. The Morgan fingerprint density at radius 2 is 0.303 bits per heavy atom. The van der Waals surface area contributed by atoms with Crippen LogP contribution in [-0.2, 0) is 1020 Å². The lowest BCUT2D eigenvalue weighted by molar-refractivity contribution is 0.112. The van der Waals surface area contributed by atoms with Crippen molar-refractivity contribution in [1.29, 1.82) is 0 Å². The van der Waals surface area contributed by atoms with E-state index in [-0.39, 0.29) is 10.8 Å². The van der Waals surface area contributed by atoms with Crippen LogP contribution in [0, 0.1) is 17.3 Å². The molecule has 0 spiro atoms. The summed E-state index contributed by atoms with van der Waals surface area (Å²) in [6, 6.07) is 1.72. The molecule has 2 nitrogen and oxygen atoms in total. The normalized spacial score (nSPS) is 8.41. The highest BCUT2D eigenvalue weighted by atomic mass is 33.6. The van der Waals surface area contributed by atoms with Gasteiger partial charge in [-0.05, 0) is 26.8 Å². The minimum absolute atomic E-state index is 0.0921. The molecule has 0 aliphatic heterocycles. The van der Waals surface area contributed by atoms with Gasteiger partial charge in [-0.25, -0.2) is 0 Å². The van der Waals surface area contributed by atoms with Gasteiger partial charge < -0.3 is 0 Å². The van der Waals surface area contributed by atoms with Crippen LogP contribution in [0.25, 0.3) is 0 Å². The molecule has 0 saturated carbocycles. The van der Waals surface area contributed by atoms with Gasteiger partial charge in [0.05, 0.1) is 11.3 Å². The Labute approximate surface area is 1090 Å². The van der Waals surface area contributed by atoms with E-state index in [1.54, 1.807) is 119 Å². The number of pyridine rings is 1. The van der Waals surface area contributed by atoms with Gasteiger partial charge in [0.2, 0.25) is 0 Å². The molecule has 0 saturated heterocycles. The highest BCUT2D eigenvalue weighted by Gasteiger charge is 2.21. The number of hydrogen-bond donors (Lipinski definition) is 0. The van der Waals surface area contributed by atoms with Crippen molar-refractivity contribution in [1.82, 2.24) is 4.98 Å². The number of aldehydes is 1. The molecule has 1 heterocycles. The number of hydrogen-bond acceptors (Lipinski definition) is 4. The van der Waals surface area contributed by atoms with Crippen LogP contribution in [0.2, 0.25) is 0 Å². The number of carbonyl (C=O) groups excluding carboxylic acids is 1. The molecule has 0 N–H and O–H groups in total. The highest BCUT2D eigenvalue weighted by Crippen LogP contribution is 2.25. The summed E-state index contributed by atoms with van der Waals surface area (Å²) in [6.45, 7) is 12.4. The minimum Gasteiger partial charge on any atom is -0.298 e. The van der Waals surface area contributed by atoms with Crippen molar-refractivity contribution >= 4 is 1020 Å². The van der Waals surface area contributed by atoms with Crippen LogP contribution >= 0.6 is 0 Å². The van der Waals surface area contributed by atoms with Crippen molar-refractivity contribution in [2.45, 2.75) is 47.0 Å². The van der Waals surface area contributed by atoms with E-state index in [1.807, 2.05) is 891 Å². The third kappa shape index (κ3) is 135. The Balaban J connectivity index is 0.00000843. The molecule has 0 aliphatic rings.